The molecule has 0 amide bonds. The van der Waals surface area contributed by atoms with Gasteiger partial charge in [0, 0.05) is 6.04 Å². The fraction of sp³-hybridized carbons (Fsp3) is 0.538. The van der Waals surface area contributed by atoms with Gasteiger partial charge in [-0.25, -0.2) is 15.0 Å². The predicted molar refractivity (Wildman–Crippen MR) is 83.4 cm³/mol. The topological polar surface area (TPSA) is 87.8 Å². The molecule has 2 rings (SSSR count). The second-order valence-corrected chi connectivity index (χ2v) is 4.33. The maximum Gasteiger partial charge on any atom is 0.255 e. The zero-order valence-corrected chi connectivity index (χ0v) is 11.9. The molecule has 0 bridgehead atoms. The Bertz CT molecular complexity index is 387. The van der Waals surface area contributed by atoms with Gasteiger partial charge in [0.15, 0.2) is 0 Å². The Morgan fingerprint density at radius 3 is 1.50 bits per heavy atom. The minimum Gasteiger partial charge on any atom is -0.317 e. The zero-order chi connectivity index (χ0) is 14.8. The van der Waals surface area contributed by atoms with Crippen LogP contribution >= 0.6 is 0 Å². The molecule has 0 aromatic carbocycles. The summed E-state index contributed by atoms with van der Waals surface area (Å²) < 4.78 is 0. The van der Waals surface area contributed by atoms with Gasteiger partial charge in [0.25, 0.3) is 17.8 Å². The van der Waals surface area contributed by atoms with E-state index in [1.165, 1.54) is 32.1 Å². The molecule has 0 aliphatic heterocycles. The van der Waals surface area contributed by atoms with Crippen LogP contribution in [0.2, 0.25) is 0 Å². The second kappa shape index (κ2) is 8.98. The van der Waals surface area contributed by atoms with Crippen LogP contribution in [0.25, 0.3) is 0 Å². The van der Waals surface area contributed by atoms with Crippen LogP contribution in [-0.2, 0) is 0 Å². The summed E-state index contributed by atoms with van der Waals surface area (Å²) in [6.45, 7) is 9.76. The number of hydrogen-bond acceptors (Lipinski definition) is 7. The van der Waals surface area contributed by atoms with E-state index in [9.17, 15) is 0 Å². The minimum atomic E-state index is 0.162. The summed E-state index contributed by atoms with van der Waals surface area (Å²) in [6, 6.07) is 0.837. The van der Waals surface area contributed by atoms with Crippen LogP contribution in [-0.4, -0.2) is 48.2 Å². The van der Waals surface area contributed by atoms with Crippen LogP contribution in [0.4, 0.5) is 17.8 Å². The molecule has 7 heteroatoms. The standard InChI is InChI=1S/C7H15N.C6H6N6/c1-8-7-5-3-2-4-6-7;1-7-4-10-5(8-2)12-6(9-3)11-4/h7-8H,2-6H2,1H3;1-3H2. The van der Waals surface area contributed by atoms with E-state index in [2.05, 4.69) is 62.4 Å². The van der Waals surface area contributed by atoms with Crippen molar-refractivity contribution in [2.24, 2.45) is 15.0 Å². The van der Waals surface area contributed by atoms with Crippen molar-refractivity contribution in [2.75, 3.05) is 7.05 Å². The molecule has 0 unspecified atom stereocenters. The van der Waals surface area contributed by atoms with Crippen LogP contribution in [0.1, 0.15) is 32.1 Å². The quantitative estimate of drug-likeness (QED) is 0.855. The Hall–Kier alpha value is -2.02. The minimum absolute atomic E-state index is 0.162. The van der Waals surface area contributed by atoms with Crippen molar-refractivity contribution in [1.29, 1.82) is 0 Å². The Kier molecular flexibility index (Phi) is 7.20. The third kappa shape index (κ3) is 5.31. The highest BCUT2D eigenvalue weighted by molar-refractivity contribution is 5.44. The summed E-state index contributed by atoms with van der Waals surface area (Å²) in [5.41, 5.74) is 0. The molecule has 1 N–H and O–H groups in total. The normalized spacial score (nSPS) is 14.8. The van der Waals surface area contributed by atoms with Gasteiger partial charge in [0.1, 0.15) is 0 Å². The lowest BCUT2D eigenvalue weighted by atomic mass is 9.96. The largest absolute Gasteiger partial charge is 0.317 e. The van der Waals surface area contributed by atoms with E-state index in [4.69, 9.17) is 0 Å². The van der Waals surface area contributed by atoms with Crippen LogP contribution < -0.4 is 5.32 Å². The zero-order valence-electron chi connectivity index (χ0n) is 11.9. The molecule has 1 saturated carbocycles. The summed E-state index contributed by atoms with van der Waals surface area (Å²) in [6.07, 6.45) is 7.13. The van der Waals surface area contributed by atoms with E-state index < -0.39 is 0 Å². The van der Waals surface area contributed by atoms with Gasteiger partial charge < -0.3 is 5.32 Å². The van der Waals surface area contributed by atoms with Crippen molar-refractivity contribution in [3.8, 4) is 0 Å². The van der Waals surface area contributed by atoms with E-state index in [0.29, 0.717) is 0 Å². The van der Waals surface area contributed by atoms with Crippen molar-refractivity contribution >= 4 is 38.0 Å². The van der Waals surface area contributed by atoms with Gasteiger partial charge in [0.2, 0.25) is 0 Å². The number of aliphatic imine (C=N–C) groups is 3. The molecule has 108 valence electrons. The average Bonchev–Trinajstić information content (AvgIpc) is 2.55. The molecular formula is C13H21N7. The molecule has 1 heterocycles. The summed E-state index contributed by atoms with van der Waals surface area (Å²) in [5, 5.41) is 3.30. The highest BCUT2D eigenvalue weighted by Crippen LogP contribution is 2.16. The number of rotatable bonds is 4. The van der Waals surface area contributed by atoms with Crippen molar-refractivity contribution in [3.05, 3.63) is 0 Å². The summed E-state index contributed by atoms with van der Waals surface area (Å²) in [5.74, 6) is 0.486. The van der Waals surface area contributed by atoms with E-state index in [-0.39, 0.29) is 17.8 Å². The van der Waals surface area contributed by atoms with E-state index >= 15 is 0 Å². The third-order valence-electron chi connectivity index (χ3n) is 3.04. The first-order valence-electron chi connectivity index (χ1n) is 6.57. The summed E-state index contributed by atoms with van der Waals surface area (Å²) >= 11 is 0. The molecule has 0 saturated heterocycles. The first kappa shape index (κ1) is 16.0. The van der Waals surface area contributed by atoms with E-state index in [0.717, 1.165) is 6.04 Å². The van der Waals surface area contributed by atoms with Crippen molar-refractivity contribution in [1.82, 2.24) is 20.3 Å². The number of aromatic nitrogens is 3. The first-order chi connectivity index (χ1) is 9.73. The van der Waals surface area contributed by atoms with Gasteiger partial charge in [-0.2, -0.15) is 15.0 Å². The van der Waals surface area contributed by atoms with Crippen LogP contribution in [0.5, 0.6) is 0 Å². The van der Waals surface area contributed by atoms with Gasteiger partial charge in [-0.05, 0) is 40.0 Å². The smallest absolute Gasteiger partial charge is 0.255 e. The predicted octanol–water partition coefficient (Wildman–Crippen LogP) is 2.41. The van der Waals surface area contributed by atoms with Crippen LogP contribution in [0.3, 0.4) is 0 Å². The molecule has 0 radical (unpaired) electrons. The third-order valence-corrected chi connectivity index (χ3v) is 3.04. The lowest BCUT2D eigenvalue weighted by Gasteiger charge is -2.20. The van der Waals surface area contributed by atoms with Crippen LogP contribution in [0, 0.1) is 0 Å². The maximum absolute atomic E-state index is 3.75. The Balaban J connectivity index is 0.000000217. The average molecular weight is 275 g/mol. The maximum atomic E-state index is 3.75. The highest BCUT2D eigenvalue weighted by Gasteiger charge is 2.09. The van der Waals surface area contributed by atoms with Crippen molar-refractivity contribution in [3.63, 3.8) is 0 Å². The molecule has 1 aromatic rings. The van der Waals surface area contributed by atoms with Gasteiger partial charge in [-0.3, -0.25) is 0 Å². The lowest BCUT2D eigenvalue weighted by Crippen LogP contribution is -2.26. The SMILES string of the molecule is C=Nc1nc(N=C)nc(N=C)n1.CNC1CCCCC1. The van der Waals surface area contributed by atoms with Crippen LogP contribution in [0.15, 0.2) is 15.0 Å². The fourth-order valence-corrected chi connectivity index (χ4v) is 1.95. The van der Waals surface area contributed by atoms with Gasteiger partial charge in [-0.1, -0.05) is 19.3 Å². The molecule has 20 heavy (non-hydrogen) atoms. The molecule has 0 spiro atoms. The molecular weight excluding hydrogens is 254 g/mol. The number of nitrogens with one attached hydrogen (secondary N) is 1. The molecule has 1 fully saturated rings. The molecule has 1 aliphatic carbocycles. The van der Waals surface area contributed by atoms with Crippen molar-refractivity contribution in [2.45, 2.75) is 38.1 Å². The van der Waals surface area contributed by atoms with Gasteiger partial charge in [-0.15, -0.1) is 0 Å². The molecule has 7 nitrogen and oxygen atoms in total. The monoisotopic (exact) mass is 275 g/mol. The lowest BCUT2D eigenvalue weighted by molar-refractivity contribution is 0.394. The first-order valence-corrected chi connectivity index (χ1v) is 6.57. The summed E-state index contributed by atoms with van der Waals surface area (Å²) in [4.78, 5) is 21.8. The Morgan fingerprint density at radius 2 is 1.25 bits per heavy atom. The fourth-order valence-electron chi connectivity index (χ4n) is 1.95. The number of hydrogen-bond donors (Lipinski definition) is 1. The summed E-state index contributed by atoms with van der Waals surface area (Å²) in [7, 11) is 2.07. The molecule has 1 aromatic heterocycles. The second-order valence-electron chi connectivity index (χ2n) is 4.33. The Labute approximate surface area is 119 Å². The highest BCUT2D eigenvalue weighted by atomic mass is 15.2. The number of nitrogens with zero attached hydrogens (tertiary/aromatic N) is 6. The Morgan fingerprint density at radius 1 is 0.850 bits per heavy atom. The molecule has 1 aliphatic rings. The van der Waals surface area contributed by atoms with Gasteiger partial charge >= 0.3 is 0 Å². The van der Waals surface area contributed by atoms with Gasteiger partial charge in [0.05, 0.1) is 0 Å². The van der Waals surface area contributed by atoms with Crippen molar-refractivity contribution < 1.29 is 0 Å². The van der Waals surface area contributed by atoms with E-state index in [1.54, 1.807) is 0 Å². The van der Waals surface area contributed by atoms with E-state index in [1.807, 2.05) is 0 Å². The molecule has 0 atom stereocenters.